The molecule has 5 rings (SSSR count). The molecule has 1 aliphatic heterocycles. The van der Waals surface area contributed by atoms with E-state index in [4.69, 9.17) is 14.5 Å². The minimum Gasteiger partial charge on any atom is -0.497 e. The van der Waals surface area contributed by atoms with Gasteiger partial charge >= 0.3 is 0 Å². The van der Waals surface area contributed by atoms with Crippen LogP contribution in [0.15, 0.2) is 54.9 Å². The van der Waals surface area contributed by atoms with Gasteiger partial charge in [-0.3, -0.25) is 0 Å². The summed E-state index contributed by atoms with van der Waals surface area (Å²) < 4.78 is 25.9. The minimum atomic E-state index is -0.233. The maximum atomic E-state index is 13.5. The molecule has 8 nitrogen and oxygen atoms in total. The normalized spacial score (nSPS) is 16.1. The van der Waals surface area contributed by atoms with E-state index >= 15 is 0 Å². The van der Waals surface area contributed by atoms with E-state index in [1.807, 2.05) is 24.3 Å². The van der Waals surface area contributed by atoms with Gasteiger partial charge in [0.25, 0.3) is 0 Å². The predicted octanol–water partition coefficient (Wildman–Crippen LogP) is 4.76. The van der Waals surface area contributed by atoms with E-state index in [0.29, 0.717) is 23.1 Å². The van der Waals surface area contributed by atoms with Gasteiger partial charge in [0, 0.05) is 42.8 Å². The molecule has 9 heteroatoms. The van der Waals surface area contributed by atoms with Crippen LogP contribution in [-0.2, 0) is 0 Å². The van der Waals surface area contributed by atoms with Crippen molar-refractivity contribution >= 4 is 23.1 Å². The van der Waals surface area contributed by atoms with Gasteiger partial charge < -0.3 is 19.7 Å². The first kappa shape index (κ1) is 21.0. The van der Waals surface area contributed by atoms with Crippen LogP contribution in [0.1, 0.15) is 30.9 Å². The summed E-state index contributed by atoms with van der Waals surface area (Å²) in [5.74, 6) is 2.30. The monoisotopic (exact) mass is 448 g/mol. The summed E-state index contributed by atoms with van der Waals surface area (Å²) in [6.07, 6.45) is 6.64. The third-order valence-electron chi connectivity index (χ3n) is 5.87. The highest BCUT2D eigenvalue weighted by Gasteiger charge is 2.27. The number of fused-ring (bicyclic) bond motifs is 1. The van der Waals surface area contributed by atoms with Crippen molar-refractivity contribution in [2.45, 2.75) is 25.3 Å². The summed E-state index contributed by atoms with van der Waals surface area (Å²) in [5, 5.41) is 7.81. The van der Waals surface area contributed by atoms with Crippen LogP contribution in [0, 0.1) is 5.82 Å². The van der Waals surface area contributed by atoms with Crippen LogP contribution < -0.4 is 19.7 Å². The number of benzene rings is 2. The van der Waals surface area contributed by atoms with E-state index in [0.717, 1.165) is 42.9 Å². The second-order valence-electron chi connectivity index (χ2n) is 7.94. The molecule has 1 saturated heterocycles. The van der Waals surface area contributed by atoms with Gasteiger partial charge in [-0.05, 0) is 37.0 Å². The van der Waals surface area contributed by atoms with Crippen molar-refractivity contribution in [1.82, 2.24) is 19.6 Å². The summed E-state index contributed by atoms with van der Waals surface area (Å²) in [7, 11) is 3.21. The summed E-state index contributed by atoms with van der Waals surface area (Å²) in [6.45, 7) is 0.845. The molecular weight excluding hydrogens is 423 g/mol. The van der Waals surface area contributed by atoms with Crippen molar-refractivity contribution in [2.75, 3.05) is 31.0 Å². The second kappa shape index (κ2) is 8.93. The zero-order valence-corrected chi connectivity index (χ0v) is 18.5. The Kier molecular flexibility index (Phi) is 5.68. The average Bonchev–Trinajstić information content (AvgIpc) is 3.26. The largest absolute Gasteiger partial charge is 0.497 e. The number of hydrogen-bond donors (Lipinski definition) is 1. The molecule has 0 radical (unpaired) electrons. The lowest BCUT2D eigenvalue weighted by atomic mass is 9.95. The number of rotatable bonds is 6. The van der Waals surface area contributed by atoms with Crippen LogP contribution in [0.2, 0.25) is 0 Å². The predicted molar refractivity (Wildman–Crippen MR) is 124 cm³/mol. The van der Waals surface area contributed by atoms with Crippen LogP contribution in [0.3, 0.4) is 0 Å². The number of ether oxygens (including phenoxy) is 2. The zero-order chi connectivity index (χ0) is 22.8. The Balaban J connectivity index is 1.49. The lowest BCUT2D eigenvalue weighted by molar-refractivity contribution is 0.395. The highest BCUT2D eigenvalue weighted by atomic mass is 19.1. The van der Waals surface area contributed by atoms with E-state index < -0.39 is 0 Å². The third kappa shape index (κ3) is 4.26. The zero-order valence-electron chi connectivity index (χ0n) is 18.5. The maximum Gasteiger partial charge on any atom is 0.247 e. The summed E-state index contributed by atoms with van der Waals surface area (Å²) >= 11 is 0. The molecule has 1 unspecified atom stereocenters. The fourth-order valence-electron chi connectivity index (χ4n) is 4.29. The number of nitrogens with zero attached hydrogens (tertiary/aromatic N) is 5. The lowest BCUT2D eigenvalue weighted by Crippen LogP contribution is -2.34. The van der Waals surface area contributed by atoms with Crippen molar-refractivity contribution in [2.24, 2.45) is 0 Å². The molecule has 0 spiro atoms. The fraction of sp³-hybridized carbons (Fsp3) is 0.292. The lowest BCUT2D eigenvalue weighted by Gasteiger charge is -2.36. The molecule has 1 fully saturated rings. The van der Waals surface area contributed by atoms with Crippen molar-refractivity contribution < 1.29 is 13.9 Å². The smallest absolute Gasteiger partial charge is 0.247 e. The highest BCUT2D eigenvalue weighted by molar-refractivity contribution is 5.68. The Bertz CT molecular complexity index is 1240. The molecular formula is C24H25FN6O2. The SMILES string of the molecule is COc1cc(Nc2nc3c(N4CCCCC4c4ccc(F)cc4)nccn3n2)cc(OC)c1. The number of aromatic nitrogens is 4. The van der Waals surface area contributed by atoms with Gasteiger partial charge in [0.15, 0.2) is 11.5 Å². The minimum absolute atomic E-state index is 0.105. The molecule has 0 bridgehead atoms. The van der Waals surface area contributed by atoms with Gasteiger partial charge in [-0.25, -0.2) is 13.9 Å². The number of hydrogen-bond acceptors (Lipinski definition) is 7. The Morgan fingerprint density at radius 2 is 1.79 bits per heavy atom. The Morgan fingerprint density at radius 3 is 2.52 bits per heavy atom. The molecule has 33 heavy (non-hydrogen) atoms. The van der Waals surface area contributed by atoms with E-state index in [1.54, 1.807) is 37.2 Å². The Labute approximate surface area is 191 Å². The standard InChI is InChI=1S/C24H25FN6O2/c1-32-19-13-18(14-20(15-19)33-2)27-24-28-23-22(26-10-12-31(23)29-24)30-11-4-3-5-21(30)16-6-8-17(25)9-7-16/h6-10,12-15,21H,3-5,11H2,1-2H3,(H,27,29). The summed E-state index contributed by atoms with van der Waals surface area (Å²) in [4.78, 5) is 11.6. The van der Waals surface area contributed by atoms with E-state index in [-0.39, 0.29) is 11.9 Å². The van der Waals surface area contributed by atoms with Crippen molar-refractivity contribution in [1.29, 1.82) is 0 Å². The number of nitrogens with one attached hydrogen (secondary N) is 1. The number of anilines is 3. The molecule has 0 aliphatic carbocycles. The van der Waals surface area contributed by atoms with Crippen LogP contribution in [0.5, 0.6) is 11.5 Å². The van der Waals surface area contributed by atoms with Crippen LogP contribution in [0.4, 0.5) is 21.8 Å². The first-order chi connectivity index (χ1) is 16.1. The van der Waals surface area contributed by atoms with Crippen LogP contribution in [0.25, 0.3) is 5.65 Å². The molecule has 2 aromatic carbocycles. The second-order valence-corrected chi connectivity index (χ2v) is 7.94. The summed E-state index contributed by atoms with van der Waals surface area (Å²) in [6, 6.07) is 12.3. The van der Waals surface area contributed by atoms with Crippen LogP contribution in [-0.4, -0.2) is 40.3 Å². The molecule has 3 heterocycles. The van der Waals surface area contributed by atoms with Crippen molar-refractivity contribution in [3.8, 4) is 11.5 Å². The average molecular weight is 449 g/mol. The van der Waals surface area contributed by atoms with Gasteiger partial charge in [0.05, 0.1) is 20.3 Å². The van der Waals surface area contributed by atoms with E-state index in [9.17, 15) is 4.39 Å². The first-order valence-electron chi connectivity index (χ1n) is 10.9. The maximum absolute atomic E-state index is 13.5. The van der Waals surface area contributed by atoms with Gasteiger partial charge in [-0.2, -0.15) is 4.98 Å². The Hall–Kier alpha value is -3.88. The Morgan fingerprint density at radius 1 is 1.03 bits per heavy atom. The molecule has 2 aromatic heterocycles. The van der Waals surface area contributed by atoms with E-state index in [1.165, 1.54) is 12.1 Å². The van der Waals surface area contributed by atoms with Gasteiger partial charge in [-0.1, -0.05) is 12.1 Å². The molecule has 1 aliphatic rings. The van der Waals surface area contributed by atoms with E-state index in [2.05, 4.69) is 20.3 Å². The fourth-order valence-corrected chi connectivity index (χ4v) is 4.29. The van der Waals surface area contributed by atoms with Gasteiger partial charge in [-0.15, -0.1) is 5.10 Å². The molecule has 1 N–H and O–H groups in total. The first-order valence-corrected chi connectivity index (χ1v) is 10.9. The quantitative estimate of drug-likeness (QED) is 0.456. The van der Waals surface area contributed by atoms with Crippen LogP contribution >= 0.6 is 0 Å². The molecule has 0 amide bonds. The van der Waals surface area contributed by atoms with Crippen molar-refractivity contribution in [3.05, 3.63) is 66.2 Å². The van der Waals surface area contributed by atoms with Gasteiger partial charge in [0.2, 0.25) is 5.95 Å². The molecule has 170 valence electrons. The highest BCUT2D eigenvalue weighted by Crippen LogP contribution is 2.36. The molecule has 1 atom stereocenters. The van der Waals surface area contributed by atoms with Gasteiger partial charge in [0.1, 0.15) is 17.3 Å². The number of methoxy groups -OCH3 is 2. The number of halogens is 1. The molecule has 4 aromatic rings. The number of piperidine rings is 1. The van der Waals surface area contributed by atoms with Crippen molar-refractivity contribution in [3.63, 3.8) is 0 Å². The topological polar surface area (TPSA) is 76.8 Å². The summed E-state index contributed by atoms with van der Waals surface area (Å²) in [5.41, 5.74) is 2.48. The third-order valence-corrected chi connectivity index (χ3v) is 5.87. The molecule has 0 saturated carbocycles.